The molecule has 1 atom stereocenters. The minimum atomic E-state index is -3.16. The maximum absolute atomic E-state index is 11.3. The van der Waals surface area contributed by atoms with E-state index < -0.39 is 9.84 Å². The van der Waals surface area contributed by atoms with Crippen LogP contribution in [0.15, 0.2) is 29.2 Å². The van der Waals surface area contributed by atoms with Gasteiger partial charge in [0, 0.05) is 12.3 Å². The highest BCUT2D eigenvalue weighted by Crippen LogP contribution is 2.19. The predicted octanol–water partition coefficient (Wildman–Crippen LogP) is 1.11. The van der Waals surface area contributed by atoms with Gasteiger partial charge in [-0.05, 0) is 18.6 Å². The van der Waals surface area contributed by atoms with Crippen molar-refractivity contribution in [3.63, 3.8) is 0 Å². The molecule has 0 radical (unpaired) electrons. The van der Waals surface area contributed by atoms with Gasteiger partial charge in [-0.25, -0.2) is 8.42 Å². The highest BCUT2D eigenvalue weighted by Gasteiger charge is 2.14. The molecule has 0 fully saturated rings. The van der Waals surface area contributed by atoms with E-state index in [-0.39, 0.29) is 6.04 Å². The van der Waals surface area contributed by atoms with E-state index in [0.29, 0.717) is 10.5 Å². The Kier molecular flexibility index (Phi) is 2.73. The minimum absolute atomic E-state index is 0.258. The Morgan fingerprint density at radius 3 is 2.23 bits per heavy atom. The van der Waals surface area contributed by atoms with Crippen molar-refractivity contribution in [2.24, 2.45) is 5.73 Å². The molecule has 0 unspecified atom stereocenters. The Hall–Kier alpha value is -0.870. The standard InChI is InChI=1S/C9H13NO2S/c1-7(10)8-5-3-4-6-9(8)13(2,11)12/h3-7H,10H2,1-2H3/t7-/m1/s1. The van der Waals surface area contributed by atoms with Crippen LogP contribution in [-0.4, -0.2) is 14.7 Å². The maximum Gasteiger partial charge on any atom is 0.175 e. The van der Waals surface area contributed by atoms with Crippen LogP contribution < -0.4 is 5.73 Å². The van der Waals surface area contributed by atoms with Crippen molar-refractivity contribution in [2.45, 2.75) is 17.9 Å². The summed E-state index contributed by atoms with van der Waals surface area (Å²) in [5.74, 6) is 0. The van der Waals surface area contributed by atoms with E-state index >= 15 is 0 Å². The third-order valence-electron chi connectivity index (χ3n) is 1.81. The van der Waals surface area contributed by atoms with Gasteiger partial charge in [0.1, 0.15) is 0 Å². The van der Waals surface area contributed by atoms with Crippen molar-refractivity contribution in [2.75, 3.05) is 6.26 Å². The number of sulfone groups is 1. The zero-order valence-corrected chi connectivity index (χ0v) is 8.51. The highest BCUT2D eigenvalue weighted by atomic mass is 32.2. The van der Waals surface area contributed by atoms with Crippen LogP contribution in [0, 0.1) is 0 Å². The summed E-state index contributed by atoms with van der Waals surface area (Å²) in [6, 6.07) is 6.54. The van der Waals surface area contributed by atoms with E-state index in [1.165, 1.54) is 6.26 Å². The normalized spacial score (nSPS) is 14.1. The molecule has 72 valence electrons. The summed E-state index contributed by atoms with van der Waals surface area (Å²) in [4.78, 5) is 0.324. The quantitative estimate of drug-likeness (QED) is 0.776. The molecule has 3 nitrogen and oxygen atoms in total. The fourth-order valence-corrected chi connectivity index (χ4v) is 2.20. The summed E-state index contributed by atoms with van der Waals surface area (Å²) in [7, 11) is -3.16. The van der Waals surface area contributed by atoms with Crippen LogP contribution in [0.25, 0.3) is 0 Å². The first-order chi connectivity index (χ1) is 5.93. The molecule has 1 aromatic rings. The Balaban J connectivity index is 3.37. The Labute approximate surface area is 78.5 Å². The van der Waals surface area contributed by atoms with Gasteiger partial charge >= 0.3 is 0 Å². The van der Waals surface area contributed by atoms with Crippen molar-refractivity contribution in [3.05, 3.63) is 29.8 Å². The highest BCUT2D eigenvalue weighted by molar-refractivity contribution is 7.90. The van der Waals surface area contributed by atoms with Crippen LogP contribution in [-0.2, 0) is 9.84 Å². The molecule has 2 N–H and O–H groups in total. The van der Waals surface area contributed by atoms with Gasteiger partial charge in [-0.15, -0.1) is 0 Å². The summed E-state index contributed by atoms with van der Waals surface area (Å²) < 4.78 is 22.6. The largest absolute Gasteiger partial charge is 0.324 e. The minimum Gasteiger partial charge on any atom is -0.324 e. The van der Waals surface area contributed by atoms with Crippen molar-refractivity contribution in [3.8, 4) is 0 Å². The lowest BCUT2D eigenvalue weighted by Gasteiger charge is -2.10. The maximum atomic E-state index is 11.3. The van der Waals surface area contributed by atoms with Crippen LogP contribution in [0.2, 0.25) is 0 Å². The molecule has 1 rings (SSSR count). The zero-order chi connectivity index (χ0) is 10.1. The molecule has 0 heterocycles. The molecule has 13 heavy (non-hydrogen) atoms. The van der Waals surface area contributed by atoms with Crippen molar-refractivity contribution in [1.82, 2.24) is 0 Å². The second-order valence-electron chi connectivity index (χ2n) is 3.10. The van der Waals surface area contributed by atoms with Gasteiger partial charge in [-0.1, -0.05) is 18.2 Å². The van der Waals surface area contributed by atoms with E-state index in [9.17, 15) is 8.42 Å². The molecule has 4 heteroatoms. The van der Waals surface area contributed by atoms with E-state index in [0.717, 1.165) is 0 Å². The van der Waals surface area contributed by atoms with Gasteiger partial charge in [-0.3, -0.25) is 0 Å². The zero-order valence-electron chi connectivity index (χ0n) is 7.69. The topological polar surface area (TPSA) is 60.2 Å². The number of nitrogens with two attached hydrogens (primary N) is 1. The molecule has 0 aliphatic rings. The van der Waals surface area contributed by atoms with E-state index in [1.54, 1.807) is 31.2 Å². The van der Waals surface area contributed by atoms with Crippen LogP contribution in [0.4, 0.5) is 0 Å². The van der Waals surface area contributed by atoms with E-state index in [4.69, 9.17) is 5.73 Å². The lowest BCUT2D eigenvalue weighted by molar-refractivity contribution is 0.599. The van der Waals surface area contributed by atoms with Crippen LogP contribution in [0.1, 0.15) is 18.5 Å². The first kappa shape index (κ1) is 10.2. The fourth-order valence-electron chi connectivity index (χ4n) is 1.19. The summed E-state index contributed by atoms with van der Waals surface area (Å²) in [5.41, 5.74) is 6.32. The Morgan fingerprint density at radius 2 is 1.85 bits per heavy atom. The molecule has 0 aliphatic heterocycles. The summed E-state index contributed by atoms with van der Waals surface area (Å²) >= 11 is 0. The average Bonchev–Trinajstić information content (AvgIpc) is 2.03. The summed E-state index contributed by atoms with van der Waals surface area (Å²) in [6.07, 6.45) is 1.19. The molecule has 0 aromatic heterocycles. The molecule has 0 amide bonds. The first-order valence-electron chi connectivity index (χ1n) is 3.97. The lowest BCUT2D eigenvalue weighted by Crippen LogP contribution is -2.10. The van der Waals surface area contributed by atoms with E-state index in [1.807, 2.05) is 0 Å². The molecule has 1 aromatic carbocycles. The molecular formula is C9H13NO2S. The van der Waals surface area contributed by atoms with Gasteiger partial charge in [0.2, 0.25) is 0 Å². The van der Waals surface area contributed by atoms with Gasteiger partial charge in [-0.2, -0.15) is 0 Å². The molecule has 0 saturated heterocycles. The SMILES string of the molecule is C[C@@H](N)c1ccccc1S(C)(=O)=O. The third-order valence-corrected chi connectivity index (χ3v) is 2.98. The molecule has 0 bridgehead atoms. The molecular weight excluding hydrogens is 186 g/mol. The number of rotatable bonds is 2. The lowest BCUT2D eigenvalue weighted by atomic mass is 10.1. The first-order valence-corrected chi connectivity index (χ1v) is 5.86. The van der Waals surface area contributed by atoms with E-state index in [2.05, 4.69) is 0 Å². The van der Waals surface area contributed by atoms with Gasteiger partial charge in [0.25, 0.3) is 0 Å². The van der Waals surface area contributed by atoms with Gasteiger partial charge in [0.05, 0.1) is 4.90 Å². The monoisotopic (exact) mass is 199 g/mol. The summed E-state index contributed by atoms with van der Waals surface area (Å²) in [6.45, 7) is 1.77. The smallest absolute Gasteiger partial charge is 0.175 e. The van der Waals surface area contributed by atoms with Crippen LogP contribution in [0.3, 0.4) is 0 Å². The van der Waals surface area contributed by atoms with Crippen molar-refractivity contribution >= 4 is 9.84 Å². The second-order valence-corrected chi connectivity index (χ2v) is 5.08. The van der Waals surface area contributed by atoms with Gasteiger partial charge < -0.3 is 5.73 Å². The third kappa shape index (κ3) is 2.29. The number of benzene rings is 1. The second kappa shape index (κ2) is 3.47. The molecule has 0 aliphatic carbocycles. The van der Waals surface area contributed by atoms with Gasteiger partial charge in [0.15, 0.2) is 9.84 Å². The van der Waals surface area contributed by atoms with Crippen molar-refractivity contribution in [1.29, 1.82) is 0 Å². The number of hydrogen-bond acceptors (Lipinski definition) is 3. The fraction of sp³-hybridized carbons (Fsp3) is 0.333. The predicted molar refractivity (Wildman–Crippen MR) is 52.2 cm³/mol. The average molecular weight is 199 g/mol. The van der Waals surface area contributed by atoms with Crippen LogP contribution in [0.5, 0.6) is 0 Å². The number of hydrogen-bond donors (Lipinski definition) is 1. The Morgan fingerprint density at radius 1 is 1.31 bits per heavy atom. The molecule has 0 spiro atoms. The summed E-state index contributed by atoms with van der Waals surface area (Å²) in [5, 5.41) is 0. The van der Waals surface area contributed by atoms with Crippen molar-refractivity contribution < 1.29 is 8.42 Å². The van der Waals surface area contributed by atoms with Crippen LogP contribution >= 0.6 is 0 Å². The molecule has 0 saturated carbocycles. The Bertz CT molecular complexity index is 396.